The Morgan fingerprint density at radius 3 is 2.12 bits per heavy atom. The van der Waals surface area contributed by atoms with Crippen molar-refractivity contribution in [3.8, 4) is 17.5 Å². The van der Waals surface area contributed by atoms with Gasteiger partial charge in [-0.25, -0.2) is 23.6 Å². The average molecular weight is 566 g/mol. The van der Waals surface area contributed by atoms with Crippen LogP contribution in [0.4, 0.5) is 8.78 Å². The normalized spacial score (nSPS) is 16.7. The summed E-state index contributed by atoms with van der Waals surface area (Å²) in [7, 11) is 2.99. The van der Waals surface area contributed by atoms with E-state index < -0.39 is 23.3 Å². The molecule has 0 amide bonds. The maximum absolute atomic E-state index is 14.4. The molecule has 0 radical (unpaired) electrons. The number of carboxylic acid groups (broad SMARTS) is 1. The van der Waals surface area contributed by atoms with Gasteiger partial charge in [-0.3, -0.25) is 0 Å². The summed E-state index contributed by atoms with van der Waals surface area (Å²) in [4.78, 5) is 26.1. The molecular formula is C31H33F2N3O5. The average Bonchev–Trinajstić information content (AvgIpc) is 3.33. The van der Waals surface area contributed by atoms with E-state index >= 15 is 0 Å². The first-order chi connectivity index (χ1) is 19.7. The summed E-state index contributed by atoms with van der Waals surface area (Å²) in [6, 6.07) is 8.77. The number of rotatable bonds is 9. The van der Waals surface area contributed by atoms with Crippen LogP contribution in [0.5, 0.6) is 17.5 Å². The van der Waals surface area contributed by atoms with Crippen LogP contribution >= 0.6 is 0 Å². The van der Waals surface area contributed by atoms with E-state index in [-0.39, 0.29) is 40.6 Å². The van der Waals surface area contributed by atoms with Crippen LogP contribution in [0.2, 0.25) is 0 Å². The third-order valence-corrected chi connectivity index (χ3v) is 8.08. The molecular weight excluding hydrogens is 532 g/mol. The minimum absolute atomic E-state index is 0.117. The first kappa shape index (κ1) is 28.4. The van der Waals surface area contributed by atoms with Crippen molar-refractivity contribution in [1.82, 2.24) is 4.98 Å². The van der Waals surface area contributed by atoms with Crippen LogP contribution in [0.25, 0.3) is 0 Å². The Hall–Kier alpha value is -4.08. The van der Waals surface area contributed by atoms with Crippen molar-refractivity contribution in [1.29, 1.82) is 0 Å². The fourth-order valence-electron chi connectivity index (χ4n) is 6.15. The lowest BCUT2D eigenvalue weighted by atomic mass is 9.72. The number of pyridine rings is 1. The number of ether oxygens (including phenoxy) is 3. The predicted octanol–water partition coefficient (Wildman–Crippen LogP) is 5.07. The SMILES string of the molecule is COc1ccc(C2(C(COc3c(C)cc(C(=O)O)cc3C)C3CCCCC3)N=c3cc(F)c(F)cc3=N2)c(OC)n1. The maximum Gasteiger partial charge on any atom is 0.335 e. The Morgan fingerprint density at radius 1 is 0.976 bits per heavy atom. The predicted molar refractivity (Wildman–Crippen MR) is 146 cm³/mol. The summed E-state index contributed by atoms with van der Waals surface area (Å²) in [5.41, 5.74) is 0.747. The fraction of sp³-hybridized carbons (Fsp3) is 0.419. The van der Waals surface area contributed by atoms with Crippen LogP contribution in [0.1, 0.15) is 59.2 Å². The minimum atomic E-state index is -1.35. The summed E-state index contributed by atoms with van der Waals surface area (Å²) in [6.07, 6.45) is 4.97. The van der Waals surface area contributed by atoms with E-state index in [4.69, 9.17) is 24.2 Å². The lowest BCUT2D eigenvalue weighted by Crippen LogP contribution is -2.41. The molecule has 2 aromatic carbocycles. The van der Waals surface area contributed by atoms with Crippen molar-refractivity contribution in [2.75, 3.05) is 20.8 Å². The van der Waals surface area contributed by atoms with E-state index in [9.17, 15) is 18.7 Å². The molecule has 1 atom stereocenters. The molecule has 1 aliphatic heterocycles. The van der Waals surface area contributed by atoms with Gasteiger partial charge in [0.15, 0.2) is 17.3 Å². The Kier molecular flexibility index (Phi) is 7.93. The Morgan fingerprint density at radius 2 is 1.59 bits per heavy atom. The van der Waals surface area contributed by atoms with Gasteiger partial charge in [-0.05, 0) is 61.9 Å². The van der Waals surface area contributed by atoms with Gasteiger partial charge in [-0.1, -0.05) is 19.3 Å². The van der Waals surface area contributed by atoms with E-state index in [1.807, 2.05) is 13.8 Å². The maximum atomic E-state index is 14.4. The van der Waals surface area contributed by atoms with Crippen molar-refractivity contribution in [3.05, 3.63) is 81.0 Å². The quantitative estimate of drug-likeness (QED) is 0.389. The summed E-state index contributed by atoms with van der Waals surface area (Å²) in [5.74, 6) is -2.12. The number of carbonyl (C=O) groups is 1. The number of benzene rings is 2. The molecule has 1 unspecified atom stereocenters. The second-order valence-corrected chi connectivity index (χ2v) is 10.7. The summed E-state index contributed by atoms with van der Waals surface area (Å²) >= 11 is 0. The first-order valence-electron chi connectivity index (χ1n) is 13.7. The number of hydrogen-bond acceptors (Lipinski definition) is 7. The van der Waals surface area contributed by atoms with Gasteiger partial charge in [-0.15, -0.1) is 0 Å². The molecule has 0 saturated heterocycles. The molecule has 1 N–H and O–H groups in total. The van der Waals surface area contributed by atoms with Crippen LogP contribution in [0.15, 0.2) is 46.4 Å². The van der Waals surface area contributed by atoms with Gasteiger partial charge in [0.25, 0.3) is 0 Å². The fourth-order valence-corrected chi connectivity index (χ4v) is 6.15. The lowest BCUT2D eigenvalue weighted by Gasteiger charge is -2.40. The van der Waals surface area contributed by atoms with Crippen LogP contribution in [-0.2, 0) is 5.66 Å². The monoisotopic (exact) mass is 565 g/mol. The third-order valence-electron chi connectivity index (χ3n) is 8.08. The molecule has 3 aromatic rings. The number of aromatic carboxylic acids is 1. The highest BCUT2D eigenvalue weighted by molar-refractivity contribution is 5.88. The van der Waals surface area contributed by atoms with Gasteiger partial charge in [0.05, 0.1) is 42.7 Å². The summed E-state index contributed by atoms with van der Waals surface area (Å²) in [6.45, 7) is 3.78. The van der Waals surface area contributed by atoms with Crippen LogP contribution in [0.3, 0.4) is 0 Å². The van der Waals surface area contributed by atoms with E-state index in [1.165, 1.54) is 14.2 Å². The number of hydrogen-bond donors (Lipinski definition) is 1. The molecule has 10 heteroatoms. The highest BCUT2D eigenvalue weighted by atomic mass is 19.2. The van der Waals surface area contributed by atoms with Crippen LogP contribution in [0, 0.1) is 37.3 Å². The summed E-state index contributed by atoms with van der Waals surface area (Å²) < 4.78 is 46.3. The molecule has 5 rings (SSSR count). The van der Waals surface area contributed by atoms with Crippen molar-refractivity contribution in [2.24, 2.45) is 21.8 Å². The van der Waals surface area contributed by atoms with Crippen LogP contribution in [-0.4, -0.2) is 36.9 Å². The number of aromatic nitrogens is 1. The molecule has 1 saturated carbocycles. The molecule has 2 aliphatic rings. The Bertz CT molecular complexity index is 1540. The van der Waals surface area contributed by atoms with E-state index in [0.29, 0.717) is 28.3 Å². The topological polar surface area (TPSA) is 103 Å². The van der Waals surface area contributed by atoms with E-state index in [2.05, 4.69) is 4.98 Å². The number of carboxylic acids is 1. The highest BCUT2D eigenvalue weighted by Gasteiger charge is 2.49. The van der Waals surface area contributed by atoms with Crippen molar-refractivity contribution in [2.45, 2.75) is 51.6 Å². The van der Waals surface area contributed by atoms with Gasteiger partial charge < -0.3 is 19.3 Å². The molecule has 1 fully saturated rings. The Labute approximate surface area is 236 Å². The van der Waals surface area contributed by atoms with Gasteiger partial charge in [0, 0.05) is 24.1 Å². The summed E-state index contributed by atoms with van der Waals surface area (Å²) in [5, 5.41) is 9.96. The molecule has 8 nitrogen and oxygen atoms in total. The second kappa shape index (κ2) is 11.4. The van der Waals surface area contributed by atoms with E-state index in [1.54, 1.807) is 24.3 Å². The minimum Gasteiger partial charge on any atom is -0.493 e. The van der Waals surface area contributed by atoms with Gasteiger partial charge in [0.2, 0.25) is 11.8 Å². The van der Waals surface area contributed by atoms with Crippen molar-refractivity contribution >= 4 is 5.97 Å². The number of nitrogens with zero attached hydrogens (tertiary/aromatic N) is 3. The largest absolute Gasteiger partial charge is 0.493 e. The second-order valence-electron chi connectivity index (χ2n) is 10.7. The van der Waals surface area contributed by atoms with Gasteiger partial charge in [0.1, 0.15) is 5.75 Å². The number of methoxy groups -OCH3 is 2. The zero-order chi connectivity index (χ0) is 29.3. The van der Waals surface area contributed by atoms with Gasteiger partial charge in [-0.2, -0.15) is 4.98 Å². The molecule has 1 aliphatic carbocycles. The van der Waals surface area contributed by atoms with Crippen LogP contribution < -0.4 is 24.9 Å². The molecule has 0 spiro atoms. The first-order valence-corrected chi connectivity index (χ1v) is 13.7. The Balaban J connectivity index is 1.68. The third kappa shape index (κ3) is 5.35. The lowest BCUT2D eigenvalue weighted by molar-refractivity contribution is 0.0696. The smallest absolute Gasteiger partial charge is 0.335 e. The molecule has 0 bridgehead atoms. The standard InChI is InChI=1S/C31H33F2N3O5/c1-17-12-20(30(37)38)13-18(2)28(17)41-16-22(19-8-6-5-7-9-19)31(21-10-11-27(39-3)34-29(21)40-4)35-25-14-23(32)24(33)15-26(25)36-31/h10-15,19,22H,5-9,16H2,1-4H3,(H,37,38). The molecule has 1 aromatic heterocycles. The number of fused-ring (bicyclic) bond motifs is 1. The zero-order valence-electron chi connectivity index (χ0n) is 23.5. The molecule has 216 valence electrons. The van der Waals surface area contributed by atoms with Crippen molar-refractivity contribution in [3.63, 3.8) is 0 Å². The van der Waals surface area contributed by atoms with Crippen molar-refractivity contribution < 1.29 is 32.9 Å². The highest BCUT2D eigenvalue weighted by Crippen LogP contribution is 2.48. The molecule has 41 heavy (non-hydrogen) atoms. The zero-order valence-corrected chi connectivity index (χ0v) is 23.5. The van der Waals surface area contributed by atoms with Gasteiger partial charge >= 0.3 is 5.97 Å². The van der Waals surface area contributed by atoms with E-state index in [0.717, 1.165) is 44.2 Å². The molecule has 2 heterocycles. The number of halogens is 2. The number of aryl methyl sites for hydroxylation is 2.